The second kappa shape index (κ2) is 5.83. The summed E-state index contributed by atoms with van der Waals surface area (Å²) in [5.74, 6) is -1.55. The topological polar surface area (TPSA) is 89.5 Å². The fourth-order valence-electron chi connectivity index (χ4n) is 1.29. The standard InChI is InChI=1S/C12H15NO5S/c1-8-4-6-11(7-5-8)19(16,17)13-12(15)9(2)18-10(3)14/h4-7,9H,1-3H3,(H,13,15)/t9-/m1/s1. The summed E-state index contributed by atoms with van der Waals surface area (Å²) in [6, 6.07) is 6.02. The zero-order chi connectivity index (χ0) is 14.6. The van der Waals surface area contributed by atoms with Crippen molar-refractivity contribution in [1.82, 2.24) is 4.72 Å². The number of carbonyl (C=O) groups is 2. The van der Waals surface area contributed by atoms with Crippen LogP contribution in [0.2, 0.25) is 0 Å². The summed E-state index contributed by atoms with van der Waals surface area (Å²) < 4.78 is 30.2. The van der Waals surface area contributed by atoms with E-state index < -0.39 is 28.0 Å². The van der Waals surface area contributed by atoms with Gasteiger partial charge < -0.3 is 4.74 Å². The molecule has 1 N–H and O–H groups in total. The van der Waals surface area contributed by atoms with E-state index in [9.17, 15) is 18.0 Å². The molecule has 1 aromatic rings. The molecule has 0 saturated carbocycles. The monoisotopic (exact) mass is 285 g/mol. The van der Waals surface area contributed by atoms with E-state index in [4.69, 9.17) is 0 Å². The first-order valence-electron chi connectivity index (χ1n) is 5.53. The van der Waals surface area contributed by atoms with Crippen molar-refractivity contribution in [2.24, 2.45) is 0 Å². The van der Waals surface area contributed by atoms with Gasteiger partial charge in [-0.05, 0) is 26.0 Å². The van der Waals surface area contributed by atoms with Gasteiger partial charge in [-0.1, -0.05) is 17.7 Å². The Kier molecular flexibility index (Phi) is 4.66. The molecule has 7 heteroatoms. The molecule has 1 aromatic carbocycles. The number of nitrogens with one attached hydrogen (secondary N) is 1. The van der Waals surface area contributed by atoms with Crippen molar-refractivity contribution < 1.29 is 22.7 Å². The average molecular weight is 285 g/mol. The second-order valence-electron chi connectivity index (χ2n) is 4.03. The van der Waals surface area contributed by atoms with E-state index in [2.05, 4.69) is 4.74 Å². The molecule has 0 aliphatic carbocycles. The van der Waals surface area contributed by atoms with Gasteiger partial charge in [0.2, 0.25) is 0 Å². The summed E-state index contributed by atoms with van der Waals surface area (Å²) in [6.45, 7) is 4.25. The Labute approximate surface area is 111 Å². The minimum Gasteiger partial charge on any atom is -0.453 e. The van der Waals surface area contributed by atoms with Crippen LogP contribution in [0, 0.1) is 6.92 Å². The smallest absolute Gasteiger partial charge is 0.303 e. The van der Waals surface area contributed by atoms with Gasteiger partial charge in [0.15, 0.2) is 6.10 Å². The zero-order valence-corrected chi connectivity index (χ0v) is 11.7. The molecule has 19 heavy (non-hydrogen) atoms. The SMILES string of the molecule is CC(=O)O[C@H](C)C(=O)NS(=O)(=O)c1ccc(C)cc1. The van der Waals surface area contributed by atoms with Gasteiger partial charge in [0.05, 0.1) is 4.90 Å². The normalized spacial score (nSPS) is 12.6. The molecule has 0 heterocycles. The predicted octanol–water partition coefficient (Wildman–Crippen LogP) is 0.752. The Morgan fingerprint density at radius 3 is 2.21 bits per heavy atom. The van der Waals surface area contributed by atoms with E-state index in [1.165, 1.54) is 19.1 Å². The predicted molar refractivity (Wildman–Crippen MR) is 67.7 cm³/mol. The van der Waals surface area contributed by atoms with Gasteiger partial charge in [0.1, 0.15) is 0 Å². The van der Waals surface area contributed by atoms with Crippen LogP contribution >= 0.6 is 0 Å². The number of ether oxygens (including phenoxy) is 1. The minimum absolute atomic E-state index is 0.0264. The Balaban J connectivity index is 2.83. The van der Waals surface area contributed by atoms with Crippen LogP contribution < -0.4 is 4.72 Å². The first-order valence-corrected chi connectivity index (χ1v) is 7.01. The Morgan fingerprint density at radius 1 is 1.21 bits per heavy atom. The number of hydrogen-bond donors (Lipinski definition) is 1. The number of rotatable bonds is 4. The van der Waals surface area contributed by atoms with E-state index in [1.807, 2.05) is 11.6 Å². The molecule has 1 amide bonds. The first-order chi connectivity index (χ1) is 8.72. The van der Waals surface area contributed by atoms with Crippen molar-refractivity contribution in [3.8, 4) is 0 Å². The van der Waals surface area contributed by atoms with Crippen molar-refractivity contribution in [1.29, 1.82) is 0 Å². The van der Waals surface area contributed by atoms with Gasteiger partial charge >= 0.3 is 5.97 Å². The highest BCUT2D eigenvalue weighted by Gasteiger charge is 2.23. The third kappa shape index (κ3) is 4.36. The highest BCUT2D eigenvalue weighted by molar-refractivity contribution is 7.90. The summed E-state index contributed by atoms with van der Waals surface area (Å²) >= 11 is 0. The Hall–Kier alpha value is -1.89. The number of aryl methyl sites for hydroxylation is 1. The zero-order valence-electron chi connectivity index (χ0n) is 10.8. The first kappa shape index (κ1) is 15.2. The maximum Gasteiger partial charge on any atom is 0.303 e. The molecule has 0 saturated heterocycles. The molecule has 1 atom stereocenters. The van der Waals surface area contributed by atoms with E-state index >= 15 is 0 Å². The molecule has 0 spiro atoms. The van der Waals surface area contributed by atoms with Crippen molar-refractivity contribution in [2.75, 3.05) is 0 Å². The molecule has 104 valence electrons. The van der Waals surface area contributed by atoms with Gasteiger partial charge in [-0.25, -0.2) is 13.1 Å². The van der Waals surface area contributed by atoms with Crippen LogP contribution in [0.4, 0.5) is 0 Å². The van der Waals surface area contributed by atoms with Crippen LogP contribution in [0.1, 0.15) is 19.4 Å². The molecule has 1 rings (SSSR count). The lowest BCUT2D eigenvalue weighted by Gasteiger charge is -2.12. The van der Waals surface area contributed by atoms with Crippen molar-refractivity contribution in [3.63, 3.8) is 0 Å². The lowest BCUT2D eigenvalue weighted by molar-refractivity contribution is -0.152. The molecule has 0 aliphatic rings. The van der Waals surface area contributed by atoms with Gasteiger partial charge in [-0.3, -0.25) is 9.59 Å². The van der Waals surface area contributed by atoms with E-state index in [-0.39, 0.29) is 4.90 Å². The summed E-state index contributed by atoms with van der Waals surface area (Å²) in [5, 5.41) is 0. The van der Waals surface area contributed by atoms with E-state index in [0.717, 1.165) is 12.5 Å². The number of benzene rings is 1. The number of sulfonamides is 1. The molecule has 0 bridgehead atoms. The molecular weight excluding hydrogens is 270 g/mol. The number of carbonyl (C=O) groups excluding carboxylic acids is 2. The van der Waals surface area contributed by atoms with Gasteiger partial charge in [-0.2, -0.15) is 0 Å². The Morgan fingerprint density at radius 2 is 1.74 bits per heavy atom. The number of esters is 1. The van der Waals surface area contributed by atoms with Crippen LogP contribution in [0.25, 0.3) is 0 Å². The van der Waals surface area contributed by atoms with Crippen molar-refractivity contribution >= 4 is 21.9 Å². The molecule has 6 nitrogen and oxygen atoms in total. The number of hydrogen-bond acceptors (Lipinski definition) is 5. The van der Waals surface area contributed by atoms with Crippen LogP contribution in [0.15, 0.2) is 29.2 Å². The van der Waals surface area contributed by atoms with Crippen molar-refractivity contribution in [3.05, 3.63) is 29.8 Å². The van der Waals surface area contributed by atoms with Crippen LogP contribution in [0.5, 0.6) is 0 Å². The quantitative estimate of drug-likeness (QED) is 0.825. The fraction of sp³-hybridized carbons (Fsp3) is 0.333. The molecular formula is C12H15NO5S. The third-order valence-electron chi connectivity index (χ3n) is 2.28. The molecule has 0 unspecified atom stereocenters. The lowest BCUT2D eigenvalue weighted by Crippen LogP contribution is -2.39. The summed E-state index contributed by atoms with van der Waals surface area (Å²) in [7, 11) is -3.95. The van der Waals surface area contributed by atoms with Gasteiger partial charge in [-0.15, -0.1) is 0 Å². The maximum absolute atomic E-state index is 11.9. The Bertz CT molecular complexity index is 577. The fourth-order valence-corrected chi connectivity index (χ4v) is 2.34. The third-order valence-corrected chi connectivity index (χ3v) is 3.64. The lowest BCUT2D eigenvalue weighted by atomic mass is 10.2. The maximum atomic E-state index is 11.9. The molecule has 0 fully saturated rings. The van der Waals surface area contributed by atoms with Crippen molar-refractivity contribution in [2.45, 2.75) is 31.8 Å². The molecule has 0 aliphatic heterocycles. The van der Waals surface area contributed by atoms with E-state index in [1.54, 1.807) is 12.1 Å². The minimum atomic E-state index is -3.95. The van der Waals surface area contributed by atoms with Crippen LogP contribution in [0.3, 0.4) is 0 Å². The average Bonchev–Trinajstić information content (AvgIpc) is 2.27. The summed E-state index contributed by atoms with van der Waals surface area (Å²) in [6.07, 6.45) is -1.17. The molecule has 0 aromatic heterocycles. The second-order valence-corrected chi connectivity index (χ2v) is 5.72. The largest absolute Gasteiger partial charge is 0.453 e. The van der Waals surface area contributed by atoms with Gasteiger partial charge in [0, 0.05) is 6.92 Å². The number of amides is 1. The van der Waals surface area contributed by atoms with Gasteiger partial charge in [0.25, 0.3) is 15.9 Å². The summed E-state index contributed by atoms with van der Waals surface area (Å²) in [4.78, 5) is 22.2. The highest BCUT2D eigenvalue weighted by Crippen LogP contribution is 2.10. The van der Waals surface area contributed by atoms with E-state index in [0.29, 0.717) is 0 Å². The summed E-state index contributed by atoms with van der Waals surface area (Å²) in [5.41, 5.74) is 0.901. The van der Waals surface area contributed by atoms with Crippen LogP contribution in [-0.4, -0.2) is 26.4 Å². The molecule has 0 radical (unpaired) electrons. The highest BCUT2D eigenvalue weighted by atomic mass is 32.2. The van der Waals surface area contributed by atoms with Crippen LogP contribution in [-0.2, 0) is 24.3 Å².